The van der Waals surface area contributed by atoms with Crippen LogP contribution >= 0.6 is 39.0 Å². The van der Waals surface area contributed by atoms with E-state index in [2.05, 4.69) is 20.9 Å². The first-order valence-electron chi connectivity index (χ1n) is 9.12. The molecule has 3 heterocycles. The van der Waals surface area contributed by atoms with Crippen molar-refractivity contribution >= 4 is 62.2 Å². The van der Waals surface area contributed by atoms with Crippen molar-refractivity contribution in [2.24, 2.45) is 5.92 Å². The number of non-ortho nitro benzene ring substituents is 1. The van der Waals surface area contributed by atoms with Gasteiger partial charge in [0, 0.05) is 27.4 Å². The number of fused-ring (bicyclic) bond motifs is 2. The van der Waals surface area contributed by atoms with Crippen LogP contribution in [0.3, 0.4) is 0 Å². The lowest BCUT2D eigenvalue weighted by Gasteiger charge is -2.29. The van der Waals surface area contributed by atoms with E-state index in [-0.39, 0.29) is 22.4 Å². The lowest BCUT2D eigenvalue weighted by atomic mass is 9.83. The highest BCUT2D eigenvalue weighted by atomic mass is 79.9. The van der Waals surface area contributed by atoms with Crippen LogP contribution in [0.4, 0.5) is 11.4 Å². The Morgan fingerprint density at radius 2 is 1.68 bits per heavy atom. The number of amides is 2. The minimum Gasteiger partial charge on any atom is -0.307 e. The summed E-state index contributed by atoms with van der Waals surface area (Å²) < 4.78 is 0.825. The Morgan fingerprint density at radius 1 is 1.00 bits per heavy atom. The predicted octanol–water partition coefficient (Wildman–Crippen LogP) is 3.90. The highest BCUT2D eigenvalue weighted by Gasteiger charge is 2.56. The number of imide groups is 1. The van der Waals surface area contributed by atoms with Gasteiger partial charge in [-0.05, 0) is 29.8 Å². The fourth-order valence-corrected chi connectivity index (χ4v) is 6.80. The summed E-state index contributed by atoms with van der Waals surface area (Å²) in [7, 11) is 0. The molecule has 2 aliphatic heterocycles. The van der Waals surface area contributed by atoms with Crippen LogP contribution in [0, 0.1) is 16.0 Å². The Morgan fingerprint density at radius 3 is 2.32 bits per heavy atom. The third-order valence-corrected chi connectivity index (χ3v) is 8.30. The summed E-state index contributed by atoms with van der Waals surface area (Å²) in [6.07, 6.45) is 0. The van der Waals surface area contributed by atoms with Gasteiger partial charge in [0.1, 0.15) is 5.25 Å². The standard InChI is InChI=1S/C20H12BrN3O5S2/c21-10-3-7-11(8-4-10)23-18(25)14-13(9-1-5-12(6-2-9)24(28)29)15-17(22-20(27)31-15)30-16(14)19(23)26/h1-8,13-14,16H,(H,22,27)/t13-,14+,16-/m0/s1. The molecule has 1 aromatic heterocycles. The lowest BCUT2D eigenvalue weighted by molar-refractivity contribution is -0.384. The number of rotatable bonds is 3. The number of H-pyrrole nitrogens is 1. The van der Waals surface area contributed by atoms with Gasteiger partial charge in [-0.25, -0.2) is 4.90 Å². The molecule has 2 aromatic carbocycles. The van der Waals surface area contributed by atoms with E-state index in [0.29, 0.717) is 21.2 Å². The number of nitro benzene ring substituents is 1. The number of halogens is 1. The first-order chi connectivity index (χ1) is 14.8. The summed E-state index contributed by atoms with van der Waals surface area (Å²) in [5, 5.41) is 10.9. The van der Waals surface area contributed by atoms with Gasteiger partial charge in [-0.3, -0.25) is 24.5 Å². The molecule has 156 valence electrons. The normalized spacial score (nSPS) is 22.4. The van der Waals surface area contributed by atoms with E-state index in [1.165, 1.54) is 28.8 Å². The van der Waals surface area contributed by atoms with Gasteiger partial charge in [-0.2, -0.15) is 0 Å². The molecule has 0 saturated carbocycles. The van der Waals surface area contributed by atoms with Crippen molar-refractivity contribution in [3.05, 3.63) is 83.2 Å². The Balaban J connectivity index is 1.63. The number of hydrogen-bond donors (Lipinski definition) is 1. The molecule has 1 saturated heterocycles. The highest BCUT2D eigenvalue weighted by molar-refractivity contribution is 9.10. The molecule has 8 nitrogen and oxygen atoms in total. The van der Waals surface area contributed by atoms with Crippen molar-refractivity contribution in [1.82, 2.24) is 4.98 Å². The zero-order valence-corrected chi connectivity index (χ0v) is 18.7. The number of hydrogen-bond acceptors (Lipinski definition) is 7. The van der Waals surface area contributed by atoms with E-state index in [0.717, 1.165) is 15.8 Å². The van der Waals surface area contributed by atoms with Crippen molar-refractivity contribution < 1.29 is 14.5 Å². The number of nitro groups is 1. The smallest absolute Gasteiger partial charge is 0.305 e. The largest absolute Gasteiger partial charge is 0.307 e. The van der Waals surface area contributed by atoms with Gasteiger partial charge in [0.2, 0.25) is 11.8 Å². The monoisotopic (exact) mass is 517 g/mol. The van der Waals surface area contributed by atoms with Gasteiger partial charge in [0.15, 0.2) is 0 Å². The zero-order valence-electron chi connectivity index (χ0n) is 15.5. The molecule has 0 bridgehead atoms. The van der Waals surface area contributed by atoms with Crippen molar-refractivity contribution in [3.8, 4) is 0 Å². The van der Waals surface area contributed by atoms with E-state index in [4.69, 9.17) is 0 Å². The Bertz CT molecular complexity index is 1290. The molecule has 1 N–H and O–H groups in total. The fourth-order valence-electron chi connectivity index (χ4n) is 4.02. The first kappa shape index (κ1) is 20.2. The van der Waals surface area contributed by atoms with Gasteiger partial charge < -0.3 is 4.98 Å². The third kappa shape index (κ3) is 3.24. The van der Waals surface area contributed by atoms with Crippen molar-refractivity contribution in [3.63, 3.8) is 0 Å². The number of nitrogens with zero attached hydrogens (tertiary/aromatic N) is 2. The minimum absolute atomic E-state index is 0.0710. The summed E-state index contributed by atoms with van der Waals surface area (Å²) >= 11 is 5.54. The van der Waals surface area contributed by atoms with Crippen LogP contribution in [-0.2, 0) is 9.59 Å². The van der Waals surface area contributed by atoms with Crippen molar-refractivity contribution in [2.75, 3.05) is 4.90 Å². The molecule has 31 heavy (non-hydrogen) atoms. The van der Waals surface area contributed by atoms with Gasteiger partial charge in [0.25, 0.3) is 5.69 Å². The molecule has 0 unspecified atom stereocenters. The maximum absolute atomic E-state index is 13.5. The van der Waals surface area contributed by atoms with Gasteiger partial charge in [0.05, 0.1) is 21.6 Å². The molecule has 3 aromatic rings. The average Bonchev–Trinajstić information content (AvgIpc) is 3.24. The molecule has 5 rings (SSSR count). The molecular weight excluding hydrogens is 506 g/mol. The maximum atomic E-state index is 13.5. The summed E-state index contributed by atoms with van der Waals surface area (Å²) in [5.74, 6) is -1.96. The molecule has 0 spiro atoms. The Kier molecular flexibility index (Phi) is 4.83. The topological polar surface area (TPSA) is 113 Å². The molecule has 3 atom stereocenters. The third-order valence-electron chi connectivity index (χ3n) is 5.37. The van der Waals surface area contributed by atoms with Crippen LogP contribution in [0.15, 0.2) is 62.8 Å². The number of anilines is 1. The molecule has 2 amide bonds. The van der Waals surface area contributed by atoms with Crippen LogP contribution < -0.4 is 9.77 Å². The molecular formula is C20H12BrN3O5S2. The Hall–Kier alpha value is -2.76. The second-order valence-corrected chi connectivity index (χ2v) is 10.2. The maximum Gasteiger partial charge on any atom is 0.305 e. The van der Waals surface area contributed by atoms with Gasteiger partial charge in [-0.15, -0.1) is 0 Å². The minimum atomic E-state index is -0.721. The van der Waals surface area contributed by atoms with Gasteiger partial charge >= 0.3 is 4.87 Å². The number of aromatic nitrogens is 1. The summed E-state index contributed by atoms with van der Waals surface area (Å²) in [4.78, 5) is 53.7. The average molecular weight is 518 g/mol. The Labute approximate surface area is 191 Å². The second-order valence-electron chi connectivity index (χ2n) is 7.09. The molecule has 0 radical (unpaired) electrons. The van der Waals surface area contributed by atoms with Crippen LogP contribution in [-0.4, -0.2) is 27.0 Å². The molecule has 0 aliphatic carbocycles. The number of thioether (sulfide) groups is 1. The quantitative estimate of drug-likeness (QED) is 0.320. The van der Waals surface area contributed by atoms with E-state index >= 15 is 0 Å². The lowest BCUT2D eigenvalue weighted by Crippen LogP contribution is -2.32. The number of aromatic amines is 1. The van der Waals surface area contributed by atoms with E-state index in [1.807, 2.05) is 0 Å². The molecule has 1 fully saturated rings. The molecule has 2 aliphatic rings. The molecule has 11 heteroatoms. The van der Waals surface area contributed by atoms with E-state index in [9.17, 15) is 24.5 Å². The van der Waals surface area contributed by atoms with E-state index in [1.54, 1.807) is 36.4 Å². The number of thiazole rings is 1. The summed E-state index contributed by atoms with van der Waals surface area (Å²) in [6, 6.07) is 12.8. The second kappa shape index (κ2) is 7.43. The number of carbonyl (C=O) groups excluding carboxylic acids is 2. The van der Waals surface area contributed by atoms with Crippen LogP contribution in [0.5, 0.6) is 0 Å². The summed E-state index contributed by atoms with van der Waals surface area (Å²) in [5.41, 5.74) is 1.06. The number of nitrogens with one attached hydrogen (secondary N) is 1. The van der Waals surface area contributed by atoms with E-state index < -0.39 is 22.0 Å². The van der Waals surface area contributed by atoms with Crippen LogP contribution in [0.1, 0.15) is 16.4 Å². The summed E-state index contributed by atoms with van der Waals surface area (Å²) in [6.45, 7) is 0. The SMILES string of the molecule is O=C1[C@@H]2[C@H](c3ccc([N+](=O)[O-])cc3)c3sc(=O)[nH]c3S[C@@H]2C(=O)N1c1ccc(Br)cc1. The van der Waals surface area contributed by atoms with Crippen LogP contribution in [0.25, 0.3) is 0 Å². The fraction of sp³-hybridized carbons (Fsp3) is 0.150. The zero-order chi connectivity index (χ0) is 21.9. The first-order valence-corrected chi connectivity index (χ1v) is 11.6. The number of benzene rings is 2. The van der Waals surface area contributed by atoms with Crippen LogP contribution in [0.2, 0.25) is 0 Å². The van der Waals surface area contributed by atoms with Crippen molar-refractivity contribution in [2.45, 2.75) is 16.2 Å². The number of carbonyl (C=O) groups is 2. The highest BCUT2D eigenvalue weighted by Crippen LogP contribution is 2.53. The van der Waals surface area contributed by atoms with Crippen molar-refractivity contribution in [1.29, 1.82) is 0 Å². The van der Waals surface area contributed by atoms with Gasteiger partial charge in [-0.1, -0.05) is 51.2 Å². The predicted molar refractivity (Wildman–Crippen MR) is 120 cm³/mol.